The lowest BCUT2D eigenvalue weighted by atomic mass is 9.81. The van der Waals surface area contributed by atoms with Crippen molar-refractivity contribution in [2.75, 3.05) is 26.1 Å². The normalized spacial score (nSPS) is 29.1. The van der Waals surface area contributed by atoms with Gasteiger partial charge in [0, 0.05) is 6.07 Å². The van der Waals surface area contributed by atoms with Gasteiger partial charge in [0.25, 0.3) is 0 Å². The molecule has 7 nitrogen and oxygen atoms in total. The number of ether oxygens (including phenoxy) is 2. The van der Waals surface area contributed by atoms with Crippen molar-refractivity contribution in [3.8, 4) is 11.5 Å². The van der Waals surface area contributed by atoms with E-state index in [0.717, 1.165) is 24.2 Å². The molecule has 7 heteroatoms. The van der Waals surface area contributed by atoms with E-state index in [4.69, 9.17) is 9.47 Å². The summed E-state index contributed by atoms with van der Waals surface area (Å²) in [5, 5.41) is 2.72. The van der Waals surface area contributed by atoms with Crippen LogP contribution in [0.25, 0.3) is 0 Å². The van der Waals surface area contributed by atoms with Gasteiger partial charge in [0.05, 0.1) is 31.7 Å². The van der Waals surface area contributed by atoms with Gasteiger partial charge in [-0.2, -0.15) is 0 Å². The third kappa shape index (κ3) is 2.53. The maximum atomic E-state index is 12.7. The maximum absolute atomic E-state index is 12.7. The Balaban J connectivity index is 1.46. The maximum Gasteiger partial charge on any atom is 0.244 e. The number of carbonyl (C=O) groups excluding carboxylic acids is 3. The molecule has 4 rings (SSSR count). The smallest absolute Gasteiger partial charge is 0.244 e. The summed E-state index contributed by atoms with van der Waals surface area (Å²) in [4.78, 5) is 38.9. The SMILES string of the molecule is COc1ccc(NC(=O)CN2C(=O)[C@H]3[C@@H]4CC[C@@H](C4)[C@@H]3C2=O)c(OC)c1. The summed E-state index contributed by atoms with van der Waals surface area (Å²) >= 11 is 0. The highest BCUT2D eigenvalue weighted by Crippen LogP contribution is 2.56. The lowest BCUT2D eigenvalue weighted by molar-refractivity contribution is -0.143. The number of benzene rings is 1. The predicted octanol–water partition coefficient (Wildman–Crippen LogP) is 1.67. The fourth-order valence-electron chi connectivity index (χ4n) is 4.86. The third-order valence-corrected chi connectivity index (χ3v) is 6.00. The Hall–Kier alpha value is -2.57. The van der Waals surface area contributed by atoms with Gasteiger partial charge in [-0.25, -0.2) is 0 Å². The quantitative estimate of drug-likeness (QED) is 0.810. The molecule has 4 atom stereocenters. The first-order valence-corrected chi connectivity index (χ1v) is 8.90. The molecule has 1 N–H and O–H groups in total. The van der Waals surface area contributed by atoms with Crippen LogP contribution >= 0.6 is 0 Å². The summed E-state index contributed by atoms with van der Waals surface area (Å²) in [6.45, 7) is -0.251. The van der Waals surface area contributed by atoms with Gasteiger partial charge in [0.1, 0.15) is 18.0 Å². The molecule has 1 aromatic carbocycles. The van der Waals surface area contributed by atoms with Gasteiger partial charge in [0.2, 0.25) is 17.7 Å². The number of nitrogens with zero attached hydrogens (tertiary/aromatic N) is 1. The van der Waals surface area contributed by atoms with Gasteiger partial charge in [0.15, 0.2) is 0 Å². The monoisotopic (exact) mass is 358 g/mol. The van der Waals surface area contributed by atoms with E-state index < -0.39 is 5.91 Å². The molecule has 1 heterocycles. The summed E-state index contributed by atoms with van der Waals surface area (Å²) in [7, 11) is 3.04. The van der Waals surface area contributed by atoms with E-state index in [2.05, 4.69) is 5.32 Å². The van der Waals surface area contributed by atoms with Gasteiger partial charge in [-0.3, -0.25) is 19.3 Å². The predicted molar refractivity (Wildman–Crippen MR) is 92.7 cm³/mol. The highest BCUT2D eigenvalue weighted by Gasteiger charge is 2.60. The Kier molecular flexibility index (Phi) is 4.09. The molecule has 138 valence electrons. The number of anilines is 1. The van der Waals surface area contributed by atoms with E-state index in [-0.39, 0.29) is 30.2 Å². The van der Waals surface area contributed by atoms with Gasteiger partial charge >= 0.3 is 0 Å². The summed E-state index contributed by atoms with van der Waals surface area (Å²) in [5.41, 5.74) is 0.470. The van der Waals surface area contributed by atoms with Crippen molar-refractivity contribution in [3.63, 3.8) is 0 Å². The summed E-state index contributed by atoms with van der Waals surface area (Å²) < 4.78 is 10.4. The fraction of sp³-hybridized carbons (Fsp3) is 0.526. The molecule has 1 aliphatic heterocycles. The largest absolute Gasteiger partial charge is 0.497 e. The second-order valence-electron chi connectivity index (χ2n) is 7.26. The molecule has 2 saturated carbocycles. The van der Waals surface area contributed by atoms with Gasteiger partial charge in [-0.1, -0.05) is 0 Å². The molecular formula is C19H22N2O5. The minimum atomic E-state index is -0.414. The molecule has 3 aliphatic rings. The number of hydrogen-bond donors (Lipinski definition) is 1. The second-order valence-corrected chi connectivity index (χ2v) is 7.26. The summed E-state index contributed by atoms with van der Waals surface area (Å²) in [5.74, 6) is 0.511. The number of hydrogen-bond acceptors (Lipinski definition) is 5. The van der Waals surface area contributed by atoms with Crippen LogP contribution in [0.5, 0.6) is 11.5 Å². The van der Waals surface area contributed by atoms with Crippen molar-refractivity contribution in [1.82, 2.24) is 4.90 Å². The first-order valence-electron chi connectivity index (χ1n) is 8.90. The van der Waals surface area contributed by atoms with Crippen LogP contribution in [-0.4, -0.2) is 43.4 Å². The Morgan fingerprint density at radius 3 is 2.35 bits per heavy atom. The Morgan fingerprint density at radius 2 is 1.77 bits per heavy atom. The molecule has 1 aromatic rings. The zero-order valence-corrected chi connectivity index (χ0v) is 14.9. The van der Waals surface area contributed by atoms with Crippen molar-refractivity contribution in [2.24, 2.45) is 23.7 Å². The Bertz CT molecular complexity index is 749. The topological polar surface area (TPSA) is 84.9 Å². The molecule has 3 fully saturated rings. The van der Waals surface area contributed by atoms with Crippen LogP contribution in [0.3, 0.4) is 0 Å². The number of nitrogens with one attached hydrogen (secondary N) is 1. The van der Waals surface area contributed by atoms with Gasteiger partial charge in [-0.15, -0.1) is 0 Å². The van der Waals surface area contributed by atoms with Crippen LogP contribution in [0, 0.1) is 23.7 Å². The zero-order valence-electron chi connectivity index (χ0n) is 14.9. The van der Waals surface area contributed by atoms with Crippen molar-refractivity contribution in [3.05, 3.63) is 18.2 Å². The van der Waals surface area contributed by atoms with E-state index in [9.17, 15) is 14.4 Å². The van der Waals surface area contributed by atoms with Crippen molar-refractivity contribution in [2.45, 2.75) is 19.3 Å². The molecule has 2 aliphatic carbocycles. The van der Waals surface area contributed by atoms with Crippen molar-refractivity contribution >= 4 is 23.4 Å². The van der Waals surface area contributed by atoms with Crippen molar-refractivity contribution < 1.29 is 23.9 Å². The molecule has 2 bridgehead atoms. The number of fused-ring (bicyclic) bond motifs is 5. The van der Waals surface area contributed by atoms with Crippen LogP contribution in [0.2, 0.25) is 0 Å². The number of imide groups is 1. The average Bonchev–Trinajstić information content (AvgIpc) is 3.32. The molecule has 0 unspecified atom stereocenters. The molecule has 0 aromatic heterocycles. The van der Waals surface area contributed by atoms with Crippen LogP contribution in [0.4, 0.5) is 5.69 Å². The first-order chi connectivity index (χ1) is 12.5. The molecule has 3 amide bonds. The molecule has 0 radical (unpaired) electrons. The lowest BCUT2D eigenvalue weighted by Crippen LogP contribution is -2.39. The van der Waals surface area contributed by atoms with Crippen molar-refractivity contribution in [1.29, 1.82) is 0 Å². The van der Waals surface area contributed by atoms with E-state index in [1.807, 2.05) is 0 Å². The molecule has 0 spiro atoms. The zero-order chi connectivity index (χ0) is 18.4. The van der Waals surface area contributed by atoms with Gasteiger partial charge in [-0.05, 0) is 43.2 Å². The number of amides is 3. The first kappa shape index (κ1) is 16.9. The van der Waals surface area contributed by atoms with E-state index in [1.54, 1.807) is 25.3 Å². The van der Waals surface area contributed by atoms with Gasteiger partial charge < -0.3 is 14.8 Å². The lowest BCUT2D eigenvalue weighted by Gasteiger charge is -2.19. The molecular weight excluding hydrogens is 336 g/mol. The number of rotatable bonds is 5. The minimum Gasteiger partial charge on any atom is -0.497 e. The number of methoxy groups -OCH3 is 2. The van der Waals surface area contributed by atoms with Crippen LogP contribution in [0.15, 0.2) is 18.2 Å². The third-order valence-electron chi connectivity index (χ3n) is 6.00. The number of carbonyl (C=O) groups is 3. The Labute approximate surface area is 151 Å². The van der Waals surface area contributed by atoms with Crippen LogP contribution in [0.1, 0.15) is 19.3 Å². The van der Waals surface area contributed by atoms with E-state index in [0.29, 0.717) is 29.0 Å². The molecule has 26 heavy (non-hydrogen) atoms. The van der Waals surface area contributed by atoms with E-state index in [1.165, 1.54) is 7.11 Å². The average molecular weight is 358 g/mol. The number of likely N-dealkylation sites (tertiary alicyclic amines) is 1. The van der Waals surface area contributed by atoms with E-state index >= 15 is 0 Å². The standard InChI is InChI=1S/C19H22N2O5/c1-25-12-5-6-13(14(8-12)26-2)20-15(22)9-21-18(23)16-10-3-4-11(7-10)17(16)19(21)24/h5-6,8,10-11,16-17H,3-4,7,9H2,1-2H3,(H,20,22)/t10-,11+,16-,17-/m0/s1. The Morgan fingerprint density at radius 1 is 1.12 bits per heavy atom. The highest BCUT2D eigenvalue weighted by atomic mass is 16.5. The fourth-order valence-corrected chi connectivity index (χ4v) is 4.86. The molecule has 1 saturated heterocycles. The van der Waals surface area contributed by atoms with Crippen LogP contribution < -0.4 is 14.8 Å². The van der Waals surface area contributed by atoms with Crippen LogP contribution in [-0.2, 0) is 14.4 Å². The summed E-state index contributed by atoms with van der Waals surface area (Å²) in [6, 6.07) is 5.02. The summed E-state index contributed by atoms with van der Waals surface area (Å²) in [6.07, 6.45) is 3.03. The second kappa shape index (κ2) is 6.30. The minimum absolute atomic E-state index is 0.177. The highest BCUT2D eigenvalue weighted by molar-refractivity contribution is 6.09.